The standard InChI is InChI=1S/C22H20ClFN4O4S.C3H2F6O/c1-22(6-7-22)21-27-26-19(32-21)14-8-17-18(9-15(14)24)33(30,31)11-16(25)20(29)28(17)10-12-2-4-13(23)5-3-12;4-2(5,6)1(10)3(7,8)9/h2-5,8-9,16H,6-7,10-11,25H2,1H3;1,10H/t16-;/m0./s1. The number of aliphatic hydroxyl groups is 1. The first kappa shape index (κ1) is 32.6. The highest BCUT2D eigenvalue weighted by atomic mass is 35.5. The van der Waals surface area contributed by atoms with Gasteiger partial charge in [0.1, 0.15) is 5.82 Å². The highest BCUT2D eigenvalue weighted by Gasteiger charge is 2.55. The number of nitrogens with two attached hydrogens (primary N) is 1. The molecule has 3 N–H and O–H groups in total. The largest absolute Gasteiger partial charge is 0.423 e. The number of amides is 1. The number of anilines is 1. The summed E-state index contributed by atoms with van der Waals surface area (Å²) in [5.41, 5.74) is 6.32. The van der Waals surface area contributed by atoms with Crippen LogP contribution in [0.15, 0.2) is 45.7 Å². The van der Waals surface area contributed by atoms with Gasteiger partial charge in [0.15, 0.2) is 9.84 Å². The first-order valence-corrected chi connectivity index (χ1v) is 14.3. The molecule has 1 aliphatic carbocycles. The number of hydrogen-bond donors (Lipinski definition) is 2. The van der Waals surface area contributed by atoms with Crippen molar-refractivity contribution in [3.8, 4) is 11.5 Å². The van der Waals surface area contributed by atoms with Gasteiger partial charge in [0.05, 0.1) is 34.5 Å². The van der Waals surface area contributed by atoms with Gasteiger partial charge in [0.25, 0.3) is 5.89 Å². The average molecular weight is 659 g/mol. The monoisotopic (exact) mass is 658 g/mol. The maximum atomic E-state index is 15.1. The minimum atomic E-state index is -5.63. The smallest absolute Gasteiger partial charge is 0.420 e. The molecule has 1 fully saturated rings. The third kappa shape index (κ3) is 7.11. The summed E-state index contributed by atoms with van der Waals surface area (Å²) in [4.78, 5) is 14.0. The first-order chi connectivity index (χ1) is 19.7. The van der Waals surface area contributed by atoms with Gasteiger partial charge >= 0.3 is 12.4 Å². The lowest BCUT2D eigenvalue weighted by molar-refractivity contribution is -0.308. The molecule has 1 amide bonds. The Kier molecular flexibility index (Phi) is 8.60. The molecule has 234 valence electrons. The zero-order chi connectivity index (χ0) is 32.1. The van der Waals surface area contributed by atoms with E-state index in [-0.39, 0.29) is 34.0 Å². The number of fused-ring (bicyclic) bond motifs is 1. The summed E-state index contributed by atoms with van der Waals surface area (Å²) in [7, 11) is -4.04. The second-order valence-electron chi connectivity index (χ2n) is 10.2. The van der Waals surface area contributed by atoms with Gasteiger partial charge in [-0.3, -0.25) is 4.79 Å². The van der Waals surface area contributed by atoms with Crippen LogP contribution in [-0.2, 0) is 26.6 Å². The fraction of sp³-hybridized carbons (Fsp3) is 0.400. The summed E-state index contributed by atoms with van der Waals surface area (Å²) in [5, 5.41) is 16.0. The summed E-state index contributed by atoms with van der Waals surface area (Å²) in [6, 6.07) is 7.60. The molecule has 18 heteroatoms. The Labute approximate surface area is 244 Å². The van der Waals surface area contributed by atoms with Crippen molar-refractivity contribution < 1.29 is 53.5 Å². The van der Waals surface area contributed by atoms with Gasteiger partial charge in [-0.2, -0.15) is 26.3 Å². The number of sulfone groups is 1. The van der Waals surface area contributed by atoms with Crippen molar-refractivity contribution in [1.82, 2.24) is 10.2 Å². The summed E-state index contributed by atoms with van der Waals surface area (Å²) in [6.07, 6.45) is -13.7. The molecule has 3 aromatic rings. The number of hydrogen-bond acceptors (Lipinski definition) is 8. The number of rotatable bonds is 4. The van der Waals surface area contributed by atoms with Gasteiger partial charge in [-0.1, -0.05) is 30.7 Å². The number of nitrogens with zero attached hydrogens (tertiary/aromatic N) is 3. The van der Waals surface area contributed by atoms with Crippen LogP contribution >= 0.6 is 11.6 Å². The maximum absolute atomic E-state index is 15.1. The van der Waals surface area contributed by atoms with Crippen LogP contribution in [0.25, 0.3) is 11.5 Å². The number of aliphatic hydroxyl groups excluding tert-OH is 1. The molecule has 0 radical (unpaired) electrons. The molecule has 43 heavy (non-hydrogen) atoms. The molecule has 0 saturated heterocycles. The zero-order valence-corrected chi connectivity index (χ0v) is 23.5. The van der Waals surface area contributed by atoms with Crippen molar-refractivity contribution in [2.45, 2.75) is 61.1 Å². The van der Waals surface area contributed by atoms with Crippen LogP contribution in [0.3, 0.4) is 0 Å². The number of alkyl halides is 6. The van der Waals surface area contributed by atoms with Gasteiger partial charge in [0.2, 0.25) is 17.9 Å². The van der Waals surface area contributed by atoms with Crippen molar-refractivity contribution in [3.05, 3.63) is 58.7 Å². The molecule has 2 heterocycles. The topological polar surface area (TPSA) is 140 Å². The van der Waals surface area contributed by atoms with Gasteiger partial charge in [-0.15, -0.1) is 10.2 Å². The number of carbonyl (C=O) groups is 1. The number of benzene rings is 2. The van der Waals surface area contributed by atoms with E-state index in [1.54, 1.807) is 24.3 Å². The Morgan fingerprint density at radius 1 is 1.12 bits per heavy atom. The second-order valence-corrected chi connectivity index (χ2v) is 12.6. The Hall–Kier alpha value is -3.28. The van der Waals surface area contributed by atoms with Crippen LogP contribution in [0.4, 0.5) is 36.4 Å². The zero-order valence-electron chi connectivity index (χ0n) is 21.9. The van der Waals surface area contributed by atoms with Crippen molar-refractivity contribution in [1.29, 1.82) is 0 Å². The van der Waals surface area contributed by atoms with E-state index in [1.807, 2.05) is 6.92 Å². The van der Waals surface area contributed by atoms with E-state index >= 15 is 4.39 Å². The predicted octanol–water partition coefficient (Wildman–Crippen LogP) is 4.70. The second kappa shape index (κ2) is 11.3. The van der Waals surface area contributed by atoms with Crippen molar-refractivity contribution in [3.63, 3.8) is 0 Å². The highest BCUT2D eigenvalue weighted by molar-refractivity contribution is 7.91. The molecule has 9 nitrogen and oxygen atoms in total. The van der Waals surface area contributed by atoms with E-state index in [2.05, 4.69) is 10.2 Å². The van der Waals surface area contributed by atoms with Crippen LogP contribution in [0.1, 0.15) is 31.2 Å². The molecule has 2 aliphatic rings. The van der Waals surface area contributed by atoms with Crippen molar-refractivity contribution >= 4 is 33.0 Å². The quantitative estimate of drug-likeness (QED) is 0.385. The SMILES string of the molecule is CC1(c2nnc(-c3cc4c(cc3F)S(=O)(=O)C[C@H](N)C(=O)N4Cc3ccc(Cl)cc3)o2)CC1.OC(C(F)(F)F)C(F)(F)F. The molecule has 1 aromatic heterocycles. The third-order valence-electron chi connectivity index (χ3n) is 6.70. The molecule has 0 bridgehead atoms. The van der Waals surface area contributed by atoms with Crippen molar-refractivity contribution in [2.75, 3.05) is 10.7 Å². The molecular weight excluding hydrogens is 637 g/mol. The molecule has 0 spiro atoms. The summed E-state index contributed by atoms with van der Waals surface area (Å²) in [6.45, 7) is 1.99. The maximum Gasteiger partial charge on any atom is 0.423 e. The average Bonchev–Trinajstić information content (AvgIpc) is 3.46. The summed E-state index contributed by atoms with van der Waals surface area (Å²) >= 11 is 5.95. The van der Waals surface area contributed by atoms with Crippen LogP contribution in [0, 0.1) is 5.82 Å². The number of halogens is 8. The van der Waals surface area contributed by atoms with Gasteiger partial charge < -0.3 is 20.2 Å². The lowest BCUT2D eigenvalue weighted by Gasteiger charge is -2.24. The normalized spacial score (nSPS) is 19.4. The Morgan fingerprint density at radius 3 is 2.21 bits per heavy atom. The number of carbonyl (C=O) groups excluding carboxylic acids is 1. The molecule has 0 unspecified atom stereocenters. The van der Waals surface area contributed by atoms with E-state index in [9.17, 15) is 39.6 Å². The summed E-state index contributed by atoms with van der Waals surface area (Å²) < 4.78 is 113. The summed E-state index contributed by atoms with van der Waals surface area (Å²) in [5.74, 6) is -1.75. The third-order valence-corrected chi connectivity index (χ3v) is 8.75. The molecule has 5 rings (SSSR count). The molecule has 2 aromatic carbocycles. The molecule has 1 aliphatic heterocycles. The molecule has 1 saturated carbocycles. The highest BCUT2D eigenvalue weighted by Crippen LogP contribution is 2.47. The Balaban J connectivity index is 0.000000365. The van der Waals surface area contributed by atoms with Crippen molar-refractivity contribution in [2.24, 2.45) is 5.73 Å². The van der Waals surface area contributed by atoms with Gasteiger partial charge in [-0.05, 0) is 42.7 Å². The van der Waals surface area contributed by atoms with Crippen LogP contribution in [0.5, 0.6) is 0 Å². The van der Waals surface area contributed by atoms with Crippen LogP contribution in [-0.4, -0.2) is 59.9 Å². The van der Waals surface area contributed by atoms with Crippen LogP contribution in [0.2, 0.25) is 5.02 Å². The van der Waals surface area contributed by atoms with E-state index in [0.29, 0.717) is 16.5 Å². The van der Waals surface area contributed by atoms with Gasteiger partial charge in [-0.25, -0.2) is 12.8 Å². The molecule has 1 atom stereocenters. The fourth-order valence-electron chi connectivity index (χ4n) is 3.98. The fourth-order valence-corrected chi connectivity index (χ4v) is 5.67. The van der Waals surface area contributed by atoms with E-state index in [4.69, 9.17) is 26.9 Å². The number of aromatic nitrogens is 2. The lowest BCUT2D eigenvalue weighted by atomic mass is 10.1. The predicted molar refractivity (Wildman–Crippen MR) is 137 cm³/mol. The van der Waals surface area contributed by atoms with E-state index in [1.165, 1.54) is 11.0 Å². The van der Waals surface area contributed by atoms with Crippen LogP contribution < -0.4 is 10.6 Å². The Morgan fingerprint density at radius 2 is 1.70 bits per heavy atom. The minimum Gasteiger partial charge on any atom is -0.420 e. The first-order valence-electron chi connectivity index (χ1n) is 12.3. The van der Waals surface area contributed by atoms with E-state index in [0.717, 1.165) is 18.9 Å². The molecular formula is C25H22ClF7N4O5S. The Bertz CT molecular complexity index is 1610. The van der Waals surface area contributed by atoms with Gasteiger partial charge in [0, 0.05) is 10.4 Å². The minimum absolute atomic E-state index is 0.0108. The lowest BCUT2D eigenvalue weighted by Crippen LogP contribution is -2.45. The van der Waals surface area contributed by atoms with E-state index < -0.39 is 51.8 Å².